The lowest BCUT2D eigenvalue weighted by molar-refractivity contribution is -0.121. The summed E-state index contributed by atoms with van der Waals surface area (Å²) in [6.45, 7) is 1.30. The Morgan fingerprint density at radius 1 is 1.38 bits per heavy atom. The zero-order valence-corrected chi connectivity index (χ0v) is 7.26. The highest BCUT2D eigenvalue weighted by molar-refractivity contribution is 6.14. The molecule has 5 nitrogen and oxygen atoms in total. The molecule has 0 radical (unpaired) electrons. The lowest BCUT2D eigenvalue weighted by Crippen LogP contribution is -2.29. The Bertz CT molecular complexity index is 269. The zero-order chi connectivity index (χ0) is 10.3. The summed E-state index contributed by atoms with van der Waals surface area (Å²) < 4.78 is 0. The molecule has 0 aromatic carbocycles. The van der Waals surface area contributed by atoms with Crippen LogP contribution in [0.4, 0.5) is 0 Å². The number of Topliss-reactive ketones (excluding diaryl/α,β-unsaturated/α-hetero) is 1. The minimum absolute atomic E-state index is 0.0521. The summed E-state index contributed by atoms with van der Waals surface area (Å²) >= 11 is 0. The summed E-state index contributed by atoms with van der Waals surface area (Å²) in [5.74, 6) is -0.679. The predicted molar refractivity (Wildman–Crippen MR) is 49.3 cm³/mol. The van der Waals surface area contributed by atoms with E-state index in [1.165, 1.54) is 13.0 Å². The number of rotatable bonds is 5. The van der Waals surface area contributed by atoms with E-state index < -0.39 is 5.91 Å². The third-order valence-corrected chi connectivity index (χ3v) is 1.18. The Labute approximate surface area is 75.8 Å². The fraction of sp³-hybridized carbons (Fsp3) is 0.250. The minimum Gasteiger partial charge on any atom is -0.345 e. The Balaban J connectivity index is 4.23. The number of hydrogen-bond donors (Lipinski definition) is 3. The van der Waals surface area contributed by atoms with E-state index in [9.17, 15) is 9.59 Å². The molecule has 5 heteroatoms. The van der Waals surface area contributed by atoms with Gasteiger partial charge >= 0.3 is 0 Å². The molecule has 1 amide bonds. The third kappa shape index (κ3) is 4.62. The van der Waals surface area contributed by atoms with Gasteiger partial charge in [-0.15, -0.1) is 0 Å². The molecule has 0 aliphatic rings. The van der Waals surface area contributed by atoms with Gasteiger partial charge in [-0.2, -0.15) is 0 Å². The molecule has 0 unspecified atom stereocenters. The zero-order valence-electron chi connectivity index (χ0n) is 7.26. The lowest BCUT2D eigenvalue weighted by atomic mass is 10.2. The van der Waals surface area contributed by atoms with Crippen molar-refractivity contribution in [3.63, 3.8) is 0 Å². The van der Waals surface area contributed by atoms with Crippen molar-refractivity contribution in [3.8, 4) is 0 Å². The normalized spacial score (nSPS) is 10.4. The Morgan fingerprint density at radius 2 is 2.00 bits per heavy atom. The summed E-state index contributed by atoms with van der Waals surface area (Å²) in [5, 5.41) is 15.8. The highest BCUT2D eigenvalue weighted by atomic mass is 16.2. The molecule has 0 aromatic heterocycles. The first-order valence-electron chi connectivity index (χ1n) is 3.60. The molecular weight excluding hydrogens is 170 g/mol. The third-order valence-electron chi connectivity index (χ3n) is 1.18. The molecule has 0 atom stereocenters. The monoisotopic (exact) mass is 181 g/mol. The van der Waals surface area contributed by atoms with Gasteiger partial charge in [-0.25, -0.2) is 0 Å². The van der Waals surface area contributed by atoms with Gasteiger partial charge in [0.2, 0.25) is 0 Å². The van der Waals surface area contributed by atoms with Gasteiger partial charge in [-0.05, 0) is 13.0 Å². The van der Waals surface area contributed by atoms with Gasteiger partial charge in [0.05, 0.1) is 12.1 Å². The molecule has 0 aliphatic carbocycles. The molecule has 0 spiro atoms. The molecule has 0 bridgehead atoms. The molecule has 0 aliphatic heterocycles. The fourth-order valence-corrected chi connectivity index (χ4v) is 0.586. The van der Waals surface area contributed by atoms with E-state index in [-0.39, 0.29) is 17.9 Å². The van der Waals surface area contributed by atoms with Crippen LogP contribution in [0.3, 0.4) is 0 Å². The quantitative estimate of drug-likeness (QED) is 0.408. The molecule has 0 aromatic rings. The van der Waals surface area contributed by atoms with Gasteiger partial charge in [0.15, 0.2) is 0 Å². The van der Waals surface area contributed by atoms with Crippen molar-refractivity contribution < 1.29 is 9.59 Å². The van der Waals surface area contributed by atoms with Crippen molar-refractivity contribution in [3.05, 3.63) is 11.6 Å². The van der Waals surface area contributed by atoms with Crippen molar-refractivity contribution in [1.29, 1.82) is 10.8 Å². The van der Waals surface area contributed by atoms with E-state index in [0.29, 0.717) is 0 Å². The second kappa shape index (κ2) is 5.82. The molecule has 70 valence electrons. The summed E-state index contributed by atoms with van der Waals surface area (Å²) in [6, 6.07) is 0. The summed E-state index contributed by atoms with van der Waals surface area (Å²) in [5.41, 5.74) is 0.0521. The van der Waals surface area contributed by atoms with Crippen molar-refractivity contribution in [2.24, 2.45) is 0 Å². The van der Waals surface area contributed by atoms with Crippen molar-refractivity contribution >= 4 is 24.1 Å². The smallest absolute Gasteiger partial charge is 0.253 e. The molecule has 0 fully saturated rings. The van der Waals surface area contributed by atoms with Crippen LogP contribution in [0.15, 0.2) is 11.6 Å². The van der Waals surface area contributed by atoms with Crippen LogP contribution in [-0.2, 0) is 9.59 Å². The average Bonchev–Trinajstić information content (AvgIpc) is 2.10. The Kier molecular flexibility index (Phi) is 5.02. The van der Waals surface area contributed by atoms with E-state index in [2.05, 4.69) is 5.32 Å². The first kappa shape index (κ1) is 11.2. The summed E-state index contributed by atoms with van der Waals surface area (Å²) in [4.78, 5) is 21.6. The second-order valence-electron chi connectivity index (χ2n) is 2.32. The van der Waals surface area contributed by atoms with Crippen LogP contribution in [0.5, 0.6) is 0 Å². The van der Waals surface area contributed by atoms with Crippen LogP contribution in [0.2, 0.25) is 0 Å². The molecule has 0 saturated heterocycles. The Morgan fingerprint density at radius 3 is 2.38 bits per heavy atom. The minimum atomic E-state index is -0.520. The van der Waals surface area contributed by atoms with E-state index in [0.717, 1.165) is 12.4 Å². The van der Waals surface area contributed by atoms with E-state index in [1.54, 1.807) is 0 Å². The van der Waals surface area contributed by atoms with Crippen molar-refractivity contribution in [1.82, 2.24) is 5.32 Å². The van der Waals surface area contributed by atoms with E-state index in [4.69, 9.17) is 10.8 Å². The molecule has 13 heavy (non-hydrogen) atoms. The average molecular weight is 181 g/mol. The number of amides is 1. The second-order valence-corrected chi connectivity index (χ2v) is 2.32. The van der Waals surface area contributed by atoms with Crippen molar-refractivity contribution in [2.45, 2.75) is 6.92 Å². The van der Waals surface area contributed by atoms with Gasteiger partial charge in [0, 0.05) is 12.4 Å². The maximum atomic E-state index is 11.1. The fourth-order valence-electron chi connectivity index (χ4n) is 0.586. The van der Waals surface area contributed by atoms with Crippen LogP contribution in [-0.4, -0.2) is 30.7 Å². The highest BCUT2D eigenvalue weighted by Gasteiger charge is 2.05. The maximum absolute atomic E-state index is 11.1. The SMILES string of the molecule is CC(=O)CNC(=O)/C(C=N)=C/C=N. The molecule has 3 N–H and O–H groups in total. The molecule has 0 rings (SSSR count). The van der Waals surface area contributed by atoms with E-state index in [1.807, 2.05) is 0 Å². The largest absolute Gasteiger partial charge is 0.345 e. The topological polar surface area (TPSA) is 93.9 Å². The molecule has 0 heterocycles. The van der Waals surface area contributed by atoms with Crippen LogP contribution >= 0.6 is 0 Å². The van der Waals surface area contributed by atoms with Crippen LogP contribution < -0.4 is 5.32 Å². The van der Waals surface area contributed by atoms with E-state index >= 15 is 0 Å². The van der Waals surface area contributed by atoms with Crippen LogP contribution in [0.25, 0.3) is 0 Å². The first-order valence-corrected chi connectivity index (χ1v) is 3.60. The maximum Gasteiger partial charge on any atom is 0.253 e. The number of ketones is 1. The summed E-state index contributed by atoms with van der Waals surface area (Å²) in [7, 11) is 0. The van der Waals surface area contributed by atoms with Crippen LogP contribution in [0, 0.1) is 10.8 Å². The van der Waals surface area contributed by atoms with Crippen LogP contribution in [0.1, 0.15) is 6.92 Å². The van der Waals surface area contributed by atoms with Gasteiger partial charge in [0.1, 0.15) is 5.78 Å². The first-order chi connectivity index (χ1) is 6.11. The number of hydrogen-bond acceptors (Lipinski definition) is 4. The van der Waals surface area contributed by atoms with Gasteiger partial charge in [-0.3, -0.25) is 9.59 Å². The van der Waals surface area contributed by atoms with Gasteiger partial charge < -0.3 is 16.1 Å². The molecule has 0 saturated carbocycles. The van der Waals surface area contributed by atoms with Gasteiger partial charge in [0.25, 0.3) is 5.91 Å². The number of carbonyl (C=O) groups is 2. The highest BCUT2D eigenvalue weighted by Crippen LogP contribution is 1.87. The lowest BCUT2D eigenvalue weighted by Gasteiger charge is -2.00. The standard InChI is InChI=1S/C8H11N3O2/c1-6(12)5-11-8(13)7(4-10)2-3-9/h2-4,9-10H,5H2,1H3,(H,11,13)/b7-2+,9-3?,10-4?. The number of nitrogens with one attached hydrogen (secondary N) is 3. The molecular formula is C8H11N3O2. The number of carbonyl (C=O) groups excluding carboxylic acids is 2. The number of allylic oxidation sites excluding steroid dienone is 1. The van der Waals surface area contributed by atoms with Gasteiger partial charge in [-0.1, -0.05) is 0 Å². The Hall–Kier alpha value is -1.78. The predicted octanol–water partition coefficient (Wildman–Crippen LogP) is -0.0829. The summed E-state index contributed by atoms with van der Waals surface area (Å²) in [6.07, 6.45) is 2.93. The van der Waals surface area contributed by atoms with Crippen molar-refractivity contribution in [2.75, 3.05) is 6.54 Å².